The summed E-state index contributed by atoms with van der Waals surface area (Å²) in [6, 6.07) is 11.0. The molecule has 0 aliphatic carbocycles. The summed E-state index contributed by atoms with van der Waals surface area (Å²) in [5.41, 5.74) is 1.09. The number of nitrogens with zero attached hydrogens (tertiary/aromatic N) is 1. The number of benzene rings is 2. The molecule has 0 radical (unpaired) electrons. The van der Waals surface area contributed by atoms with Gasteiger partial charge in [0.1, 0.15) is 5.84 Å². The third-order valence-electron chi connectivity index (χ3n) is 3.44. The van der Waals surface area contributed by atoms with Gasteiger partial charge in [-0.25, -0.2) is 0 Å². The molecule has 116 valence electrons. The number of halogens is 5. The van der Waals surface area contributed by atoms with Crippen LogP contribution in [0.3, 0.4) is 0 Å². The van der Waals surface area contributed by atoms with Crippen LogP contribution in [0.4, 0.5) is 18.9 Å². The van der Waals surface area contributed by atoms with Crippen molar-refractivity contribution in [1.82, 2.24) is 0 Å². The summed E-state index contributed by atoms with van der Waals surface area (Å²) in [4.78, 5) is 1.54. The van der Waals surface area contributed by atoms with E-state index in [0.29, 0.717) is 12.2 Å². The predicted octanol–water partition coefficient (Wildman–Crippen LogP) is 5.28. The molecule has 1 aliphatic heterocycles. The molecule has 2 aromatic carbocycles. The van der Waals surface area contributed by atoms with Crippen molar-refractivity contribution >= 4 is 40.1 Å². The van der Waals surface area contributed by atoms with Gasteiger partial charge in [-0.3, -0.25) is 5.41 Å². The fraction of sp³-hybridized carbons (Fsp3) is 0.133. The van der Waals surface area contributed by atoms with Crippen LogP contribution in [0.2, 0.25) is 5.02 Å². The highest BCUT2D eigenvalue weighted by molar-refractivity contribution is 8.93. The Balaban J connectivity index is 0.00000176. The molecule has 0 saturated carbocycles. The van der Waals surface area contributed by atoms with Gasteiger partial charge in [0.25, 0.3) is 0 Å². The van der Waals surface area contributed by atoms with Gasteiger partial charge in [0.2, 0.25) is 0 Å². The van der Waals surface area contributed by atoms with Crippen LogP contribution < -0.4 is 4.90 Å². The molecule has 3 rings (SSSR count). The number of amidine groups is 1. The number of rotatable bonds is 1. The summed E-state index contributed by atoms with van der Waals surface area (Å²) in [5.74, 6) is 0.195. The van der Waals surface area contributed by atoms with E-state index in [1.54, 1.807) is 12.1 Å². The Bertz CT molecular complexity index is 731. The maximum Gasteiger partial charge on any atom is 0.417 e. The molecule has 1 heterocycles. The molecule has 0 aromatic heterocycles. The Hall–Kier alpha value is -1.53. The molecule has 2 aromatic rings. The lowest BCUT2D eigenvalue weighted by atomic mass is 10.1. The molecule has 0 fully saturated rings. The number of fused-ring (bicyclic) bond motifs is 1. The highest BCUT2D eigenvalue weighted by Crippen LogP contribution is 2.38. The number of hydrogen-bond donors (Lipinski definition) is 1. The molecular formula is C15H11BrClF3N2. The van der Waals surface area contributed by atoms with Crippen molar-refractivity contribution in [2.45, 2.75) is 12.7 Å². The van der Waals surface area contributed by atoms with Crippen LogP contribution in [-0.4, -0.2) is 5.84 Å². The number of alkyl halides is 3. The Labute approximate surface area is 140 Å². The summed E-state index contributed by atoms with van der Waals surface area (Å²) >= 11 is 5.62. The molecule has 0 bridgehead atoms. The van der Waals surface area contributed by atoms with Gasteiger partial charge in [0.05, 0.1) is 17.1 Å². The first-order chi connectivity index (χ1) is 9.88. The molecular weight excluding hydrogens is 381 g/mol. The summed E-state index contributed by atoms with van der Waals surface area (Å²) in [6.07, 6.45) is -4.51. The predicted molar refractivity (Wildman–Crippen MR) is 86.2 cm³/mol. The summed E-state index contributed by atoms with van der Waals surface area (Å²) in [5, 5.41) is 7.78. The van der Waals surface area contributed by atoms with Gasteiger partial charge in [-0.05, 0) is 23.8 Å². The lowest BCUT2D eigenvalue weighted by Crippen LogP contribution is -2.23. The van der Waals surface area contributed by atoms with E-state index in [1.165, 1.54) is 17.0 Å². The summed E-state index contributed by atoms with van der Waals surface area (Å²) < 4.78 is 38.8. The first-order valence-corrected chi connectivity index (χ1v) is 6.57. The quantitative estimate of drug-likeness (QED) is 0.703. The largest absolute Gasteiger partial charge is 0.417 e. The van der Waals surface area contributed by atoms with E-state index in [4.69, 9.17) is 17.0 Å². The number of hydrogen-bond acceptors (Lipinski definition) is 1. The zero-order valence-corrected chi connectivity index (χ0v) is 13.6. The van der Waals surface area contributed by atoms with E-state index >= 15 is 0 Å². The van der Waals surface area contributed by atoms with Gasteiger partial charge in [-0.15, -0.1) is 17.0 Å². The second-order valence-electron chi connectivity index (χ2n) is 4.75. The molecule has 2 nitrogen and oxygen atoms in total. The number of nitrogens with one attached hydrogen (secondary N) is 1. The van der Waals surface area contributed by atoms with Crippen LogP contribution in [-0.2, 0) is 12.7 Å². The smallest absolute Gasteiger partial charge is 0.322 e. The maximum atomic E-state index is 12.9. The zero-order chi connectivity index (χ0) is 15.2. The van der Waals surface area contributed by atoms with E-state index in [1.807, 2.05) is 12.1 Å². The minimum atomic E-state index is -4.51. The lowest BCUT2D eigenvalue weighted by Gasteiger charge is -2.20. The van der Waals surface area contributed by atoms with Crippen molar-refractivity contribution in [3.05, 3.63) is 64.2 Å². The van der Waals surface area contributed by atoms with Gasteiger partial charge >= 0.3 is 6.18 Å². The molecule has 0 amide bonds. The van der Waals surface area contributed by atoms with E-state index < -0.39 is 11.7 Å². The van der Waals surface area contributed by atoms with Gasteiger partial charge in [-0.1, -0.05) is 35.9 Å². The maximum absolute atomic E-state index is 12.9. The topological polar surface area (TPSA) is 27.1 Å². The minimum absolute atomic E-state index is 0. The molecule has 1 aliphatic rings. The van der Waals surface area contributed by atoms with Crippen molar-refractivity contribution in [3.63, 3.8) is 0 Å². The van der Waals surface area contributed by atoms with Crippen LogP contribution in [0.15, 0.2) is 42.5 Å². The van der Waals surface area contributed by atoms with Crippen molar-refractivity contribution in [2.75, 3.05) is 4.90 Å². The monoisotopic (exact) mass is 390 g/mol. The highest BCUT2D eigenvalue weighted by Gasteiger charge is 2.34. The van der Waals surface area contributed by atoms with E-state index in [9.17, 15) is 13.2 Å². The van der Waals surface area contributed by atoms with E-state index in [2.05, 4.69) is 0 Å². The fourth-order valence-electron chi connectivity index (χ4n) is 2.40. The third-order valence-corrected chi connectivity index (χ3v) is 3.77. The molecule has 22 heavy (non-hydrogen) atoms. The fourth-order valence-corrected chi connectivity index (χ4v) is 2.63. The zero-order valence-electron chi connectivity index (χ0n) is 11.1. The van der Waals surface area contributed by atoms with Gasteiger partial charge in [0, 0.05) is 11.3 Å². The average Bonchev–Trinajstić information content (AvgIpc) is 2.76. The van der Waals surface area contributed by atoms with E-state index in [0.717, 1.165) is 17.2 Å². The molecule has 7 heteroatoms. The summed E-state index contributed by atoms with van der Waals surface area (Å²) in [7, 11) is 0. The average molecular weight is 392 g/mol. The molecule has 0 saturated heterocycles. The standard InChI is InChI=1S/C15H10ClF3N2.BrH/c16-13-6-5-10(7-12(13)15(17,18)19)21-8-9-3-1-2-4-11(9)14(21)20;/h1-7,20H,8H2;1H. The van der Waals surface area contributed by atoms with Gasteiger partial charge in [-0.2, -0.15) is 13.2 Å². The molecule has 1 N–H and O–H groups in total. The van der Waals surface area contributed by atoms with Gasteiger partial charge in [0.15, 0.2) is 0 Å². The first kappa shape index (κ1) is 16.8. The highest BCUT2D eigenvalue weighted by atomic mass is 79.9. The first-order valence-electron chi connectivity index (χ1n) is 6.19. The SMILES string of the molecule is Br.N=C1c2ccccc2CN1c1ccc(Cl)c(C(F)(F)F)c1. The molecule has 0 atom stereocenters. The van der Waals surface area contributed by atoms with E-state index in [-0.39, 0.29) is 27.8 Å². The van der Waals surface area contributed by atoms with Crippen molar-refractivity contribution in [3.8, 4) is 0 Å². The van der Waals surface area contributed by atoms with Gasteiger partial charge < -0.3 is 4.90 Å². The van der Waals surface area contributed by atoms with Crippen LogP contribution in [0.1, 0.15) is 16.7 Å². The Morgan fingerprint density at radius 3 is 2.41 bits per heavy atom. The van der Waals surface area contributed by atoms with Crippen LogP contribution in [0, 0.1) is 5.41 Å². The third kappa shape index (κ3) is 2.85. The summed E-state index contributed by atoms with van der Waals surface area (Å²) in [6.45, 7) is 0.383. The molecule has 0 unspecified atom stereocenters. The number of anilines is 1. The van der Waals surface area contributed by atoms with Crippen molar-refractivity contribution in [1.29, 1.82) is 5.41 Å². The Morgan fingerprint density at radius 2 is 1.77 bits per heavy atom. The normalized spacial score (nSPS) is 13.8. The second-order valence-corrected chi connectivity index (χ2v) is 5.16. The molecule has 0 spiro atoms. The van der Waals surface area contributed by atoms with Crippen molar-refractivity contribution in [2.24, 2.45) is 0 Å². The van der Waals surface area contributed by atoms with Crippen LogP contribution in [0.5, 0.6) is 0 Å². The Kier molecular flexibility index (Phi) is 4.54. The van der Waals surface area contributed by atoms with Crippen LogP contribution in [0.25, 0.3) is 0 Å². The second kappa shape index (κ2) is 5.93. The minimum Gasteiger partial charge on any atom is -0.322 e. The van der Waals surface area contributed by atoms with Crippen LogP contribution >= 0.6 is 28.6 Å². The lowest BCUT2D eigenvalue weighted by molar-refractivity contribution is -0.137. The van der Waals surface area contributed by atoms with Crippen molar-refractivity contribution < 1.29 is 13.2 Å². The Morgan fingerprint density at radius 1 is 1.09 bits per heavy atom.